The number of amides is 1. The van der Waals surface area contributed by atoms with Gasteiger partial charge in [0.2, 0.25) is 5.91 Å². The highest BCUT2D eigenvalue weighted by atomic mass is 32.2. The van der Waals surface area contributed by atoms with Crippen molar-refractivity contribution in [3.63, 3.8) is 0 Å². The van der Waals surface area contributed by atoms with Gasteiger partial charge in [-0.05, 0) is 36.2 Å². The van der Waals surface area contributed by atoms with Crippen LogP contribution in [0.2, 0.25) is 0 Å². The standard InChI is InChI=1S/C24H21FN4OS/c25-21-14-8-7-13-20(21)23-27-28-24(29(23)19-11-5-2-6-12-19)31-17-22(30)26-16-15-18-9-3-1-4-10-18/h1-14H,15-17H2,(H,26,30). The van der Waals surface area contributed by atoms with E-state index in [1.54, 1.807) is 22.8 Å². The first-order chi connectivity index (χ1) is 15.2. The van der Waals surface area contributed by atoms with Crippen LogP contribution >= 0.6 is 11.8 Å². The van der Waals surface area contributed by atoms with Crippen LogP contribution in [-0.2, 0) is 11.2 Å². The van der Waals surface area contributed by atoms with E-state index in [0.717, 1.165) is 12.1 Å². The summed E-state index contributed by atoms with van der Waals surface area (Å²) >= 11 is 1.27. The molecule has 0 fully saturated rings. The summed E-state index contributed by atoms with van der Waals surface area (Å²) in [5.41, 5.74) is 2.34. The van der Waals surface area contributed by atoms with Crippen molar-refractivity contribution >= 4 is 17.7 Å². The van der Waals surface area contributed by atoms with E-state index >= 15 is 0 Å². The molecule has 0 atom stereocenters. The van der Waals surface area contributed by atoms with Gasteiger partial charge in [0.1, 0.15) is 5.82 Å². The van der Waals surface area contributed by atoms with Crippen LogP contribution in [-0.4, -0.2) is 33.0 Å². The zero-order valence-corrected chi connectivity index (χ0v) is 17.6. The van der Waals surface area contributed by atoms with Crippen LogP contribution in [0.25, 0.3) is 17.1 Å². The van der Waals surface area contributed by atoms with Gasteiger partial charge in [0.15, 0.2) is 11.0 Å². The molecule has 3 aromatic carbocycles. The number of nitrogens with one attached hydrogen (secondary N) is 1. The van der Waals surface area contributed by atoms with Crippen LogP contribution in [0.3, 0.4) is 0 Å². The van der Waals surface area contributed by atoms with E-state index in [1.165, 1.54) is 23.4 Å². The van der Waals surface area contributed by atoms with Crippen molar-refractivity contribution in [1.82, 2.24) is 20.1 Å². The minimum absolute atomic E-state index is 0.0871. The average Bonchev–Trinajstić information content (AvgIpc) is 3.23. The second kappa shape index (κ2) is 10.0. The summed E-state index contributed by atoms with van der Waals surface area (Å²) in [7, 11) is 0. The Morgan fingerprint density at radius 3 is 2.32 bits per heavy atom. The second-order valence-corrected chi connectivity index (χ2v) is 7.77. The van der Waals surface area contributed by atoms with Crippen LogP contribution in [0.5, 0.6) is 0 Å². The molecular weight excluding hydrogens is 411 g/mol. The number of thioether (sulfide) groups is 1. The molecule has 0 aliphatic rings. The third-order valence-electron chi connectivity index (χ3n) is 4.67. The topological polar surface area (TPSA) is 59.8 Å². The summed E-state index contributed by atoms with van der Waals surface area (Å²) in [4.78, 5) is 12.3. The summed E-state index contributed by atoms with van der Waals surface area (Å²) in [5, 5.41) is 11.9. The Hall–Kier alpha value is -3.45. The highest BCUT2D eigenvalue weighted by Crippen LogP contribution is 2.29. The van der Waals surface area contributed by atoms with Crippen molar-refractivity contribution in [2.75, 3.05) is 12.3 Å². The predicted molar refractivity (Wildman–Crippen MR) is 121 cm³/mol. The SMILES string of the molecule is O=C(CSc1nnc(-c2ccccc2F)n1-c1ccccc1)NCCc1ccccc1. The molecule has 0 saturated carbocycles. The molecule has 1 amide bonds. The summed E-state index contributed by atoms with van der Waals surface area (Å²) in [6, 6.07) is 26.0. The van der Waals surface area contributed by atoms with Crippen molar-refractivity contribution in [3.05, 3.63) is 96.3 Å². The van der Waals surface area contributed by atoms with Gasteiger partial charge < -0.3 is 5.32 Å². The highest BCUT2D eigenvalue weighted by molar-refractivity contribution is 7.99. The lowest BCUT2D eigenvalue weighted by molar-refractivity contribution is -0.118. The van der Waals surface area contributed by atoms with Crippen molar-refractivity contribution < 1.29 is 9.18 Å². The third kappa shape index (κ3) is 5.19. The normalized spacial score (nSPS) is 10.7. The van der Waals surface area contributed by atoms with E-state index in [1.807, 2.05) is 60.7 Å². The number of para-hydroxylation sites is 1. The number of hydrogen-bond donors (Lipinski definition) is 1. The number of carbonyl (C=O) groups excluding carboxylic acids is 1. The third-order valence-corrected chi connectivity index (χ3v) is 5.60. The smallest absolute Gasteiger partial charge is 0.230 e. The zero-order chi connectivity index (χ0) is 21.5. The van der Waals surface area contributed by atoms with Gasteiger partial charge in [-0.1, -0.05) is 72.4 Å². The molecule has 0 aliphatic carbocycles. The van der Waals surface area contributed by atoms with Crippen molar-refractivity contribution in [2.45, 2.75) is 11.6 Å². The lowest BCUT2D eigenvalue weighted by Gasteiger charge is -2.11. The van der Waals surface area contributed by atoms with Crippen LogP contribution in [0, 0.1) is 5.82 Å². The zero-order valence-electron chi connectivity index (χ0n) is 16.7. The molecule has 1 N–H and O–H groups in total. The minimum atomic E-state index is -0.373. The largest absolute Gasteiger partial charge is 0.355 e. The molecule has 0 aliphatic heterocycles. The fourth-order valence-electron chi connectivity index (χ4n) is 3.16. The van der Waals surface area contributed by atoms with Crippen LogP contribution in [0.1, 0.15) is 5.56 Å². The number of aromatic nitrogens is 3. The molecule has 0 radical (unpaired) electrons. The number of hydrogen-bond acceptors (Lipinski definition) is 4. The first-order valence-electron chi connectivity index (χ1n) is 9.91. The quantitative estimate of drug-likeness (QED) is 0.416. The van der Waals surface area contributed by atoms with E-state index < -0.39 is 0 Å². The first-order valence-corrected chi connectivity index (χ1v) is 10.9. The van der Waals surface area contributed by atoms with Crippen LogP contribution in [0.15, 0.2) is 90.1 Å². The number of nitrogens with zero attached hydrogens (tertiary/aromatic N) is 3. The average molecular weight is 433 g/mol. The van der Waals surface area contributed by atoms with E-state index in [9.17, 15) is 9.18 Å². The Morgan fingerprint density at radius 1 is 0.903 bits per heavy atom. The maximum absolute atomic E-state index is 14.4. The predicted octanol–water partition coefficient (Wildman–Crippen LogP) is 4.52. The Morgan fingerprint density at radius 2 is 1.58 bits per heavy atom. The van der Waals surface area contributed by atoms with Gasteiger partial charge in [0, 0.05) is 12.2 Å². The number of carbonyl (C=O) groups is 1. The molecular formula is C24H21FN4OS. The Bertz CT molecular complexity index is 1150. The van der Waals surface area contributed by atoms with E-state index in [-0.39, 0.29) is 17.5 Å². The molecule has 7 heteroatoms. The van der Waals surface area contributed by atoms with Gasteiger partial charge in [-0.15, -0.1) is 10.2 Å². The van der Waals surface area contributed by atoms with Crippen molar-refractivity contribution in [3.8, 4) is 17.1 Å². The van der Waals surface area contributed by atoms with Crippen LogP contribution < -0.4 is 5.32 Å². The second-order valence-electron chi connectivity index (χ2n) is 6.83. The molecule has 1 aromatic heterocycles. The van der Waals surface area contributed by atoms with Gasteiger partial charge in [-0.3, -0.25) is 9.36 Å². The number of halogens is 1. The molecule has 1 heterocycles. The van der Waals surface area contributed by atoms with Crippen LogP contribution in [0.4, 0.5) is 4.39 Å². The fraction of sp³-hybridized carbons (Fsp3) is 0.125. The fourth-order valence-corrected chi connectivity index (χ4v) is 3.94. The van der Waals surface area contributed by atoms with Gasteiger partial charge >= 0.3 is 0 Å². The van der Waals surface area contributed by atoms with Crippen molar-refractivity contribution in [1.29, 1.82) is 0 Å². The molecule has 0 saturated heterocycles. The summed E-state index contributed by atoms with van der Waals surface area (Å²) < 4.78 is 16.2. The molecule has 0 spiro atoms. The Kier molecular flexibility index (Phi) is 6.74. The molecule has 0 bridgehead atoms. The summed E-state index contributed by atoms with van der Waals surface area (Å²) in [6.45, 7) is 0.565. The van der Waals surface area contributed by atoms with E-state index in [2.05, 4.69) is 15.5 Å². The van der Waals surface area contributed by atoms with Gasteiger partial charge in [-0.25, -0.2) is 4.39 Å². The summed E-state index contributed by atoms with van der Waals surface area (Å²) in [5.74, 6) is 0.131. The maximum atomic E-state index is 14.4. The van der Waals surface area contributed by atoms with Gasteiger partial charge in [-0.2, -0.15) is 0 Å². The highest BCUT2D eigenvalue weighted by Gasteiger charge is 2.19. The molecule has 4 rings (SSSR count). The Balaban J connectivity index is 1.48. The van der Waals surface area contributed by atoms with Crippen molar-refractivity contribution in [2.24, 2.45) is 0 Å². The maximum Gasteiger partial charge on any atom is 0.230 e. The monoisotopic (exact) mass is 432 g/mol. The van der Waals surface area contributed by atoms with E-state index in [0.29, 0.717) is 23.1 Å². The van der Waals surface area contributed by atoms with Gasteiger partial charge in [0.05, 0.1) is 11.3 Å². The lowest BCUT2D eigenvalue weighted by atomic mass is 10.1. The summed E-state index contributed by atoms with van der Waals surface area (Å²) in [6.07, 6.45) is 0.773. The number of rotatable bonds is 8. The first kappa shape index (κ1) is 20.8. The molecule has 0 unspecified atom stereocenters. The lowest BCUT2D eigenvalue weighted by Crippen LogP contribution is -2.27. The Labute approximate surface area is 184 Å². The molecule has 156 valence electrons. The minimum Gasteiger partial charge on any atom is -0.355 e. The van der Waals surface area contributed by atoms with E-state index in [4.69, 9.17) is 0 Å². The molecule has 31 heavy (non-hydrogen) atoms. The van der Waals surface area contributed by atoms with Gasteiger partial charge in [0.25, 0.3) is 0 Å². The molecule has 4 aromatic rings. The molecule has 5 nitrogen and oxygen atoms in total. The number of benzene rings is 3.